The minimum Gasteiger partial charge on any atom is -0.459 e. The van der Waals surface area contributed by atoms with Crippen LogP contribution in [-0.4, -0.2) is 27.5 Å². The van der Waals surface area contributed by atoms with E-state index in [1.165, 1.54) is 6.26 Å². The number of carbonyl (C=O) groups is 1. The molecule has 4 aromatic rings. The number of H-pyrrole nitrogens is 1. The highest BCUT2D eigenvalue weighted by molar-refractivity contribution is 5.88. The van der Waals surface area contributed by atoms with Crippen LogP contribution in [0.1, 0.15) is 21.8 Å². The fourth-order valence-electron chi connectivity index (χ4n) is 3.07. The molecule has 30 heavy (non-hydrogen) atoms. The predicted octanol–water partition coefficient (Wildman–Crippen LogP) is 3.80. The van der Waals surface area contributed by atoms with Gasteiger partial charge in [0.2, 0.25) is 5.76 Å². The van der Waals surface area contributed by atoms with Gasteiger partial charge in [0, 0.05) is 29.4 Å². The standard InChI is InChI=1S/C23H19N3O4/c1-15-18(22(27)26-21(25-15)19-9-5-6-11-24-19)10-12-29-23(28)20-13-17(14-30-20)16-7-3-2-4-8-16/h2-9,11,13-14H,10,12H2,1H3,(H,25,26,27). The molecule has 0 unspecified atom stereocenters. The van der Waals surface area contributed by atoms with Gasteiger partial charge in [-0.1, -0.05) is 36.4 Å². The second-order valence-corrected chi connectivity index (χ2v) is 6.65. The molecule has 7 nitrogen and oxygen atoms in total. The second-order valence-electron chi connectivity index (χ2n) is 6.65. The average Bonchev–Trinajstić information content (AvgIpc) is 3.27. The van der Waals surface area contributed by atoms with E-state index in [2.05, 4.69) is 15.0 Å². The first kappa shape index (κ1) is 19.3. The van der Waals surface area contributed by atoms with Crippen LogP contribution in [0.3, 0.4) is 0 Å². The van der Waals surface area contributed by atoms with Crippen LogP contribution in [0, 0.1) is 6.92 Å². The summed E-state index contributed by atoms with van der Waals surface area (Å²) in [6.45, 7) is 1.78. The van der Waals surface area contributed by atoms with E-state index < -0.39 is 5.97 Å². The van der Waals surface area contributed by atoms with Gasteiger partial charge in [0.05, 0.1) is 12.9 Å². The van der Waals surface area contributed by atoms with Crippen LogP contribution in [0.4, 0.5) is 0 Å². The number of aromatic nitrogens is 3. The summed E-state index contributed by atoms with van der Waals surface area (Å²) < 4.78 is 10.6. The first-order valence-electron chi connectivity index (χ1n) is 9.44. The molecule has 0 amide bonds. The van der Waals surface area contributed by atoms with Crippen LogP contribution < -0.4 is 5.56 Å². The van der Waals surface area contributed by atoms with E-state index in [0.29, 0.717) is 22.8 Å². The summed E-state index contributed by atoms with van der Waals surface area (Å²) in [5, 5.41) is 0. The molecule has 7 heteroatoms. The fraction of sp³-hybridized carbons (Fsp3) is 0.130. The monoisotopic (exact) mass is 401 g/mol. The largest absolute Gasteiger partial charge is 0.459 e. The van der Waals surface area contributed by atoms with Crippen LogP contribution in [-0.2, 0) is 11.2 Å². The Morgan fingerprint density at radius 3 is 2.63 bits per heavy atom. The quantitative estimate of drug-likeness (QED) is 0.494. The number of rotatable bonds is 6. The number of nitrogens with zero attached hydrogens (tertiary/aromatic N) is 2. The minimum absolute atomic E-state index is 0.0364. The maximum Gasteiger partial charge on any atom is 0.374 e. The number of pyridine rings is 1. The normalized spacial score (nSPS) is 10.7. The Bertz CT molecular complexity index is 1210. The minimum atomic E-state index is -0.579. The molecule has 3 aromatic heterocycles. The second kappa shape index (κ2) is 8.57. The molecule has 4 rings (SSSR count). The Morgan fingerprint density at radius 1 is 1.10 bits per heavy atom. The van der Waals surface area contributed by atoms with E-state index in [1.54, 1.807) is 31.3 Å². The van der Waals surface area contributed by atoms with Crippen LogP contribution in [0.5, 0.6) is 0 Å². The highest BCUT2D eigenvalue weighted by atomic mass is 16.5. The lowest BCUT2D eigenvalue weighted by Crippen LogP contribution is -2.20. The number of ether oxygens (including phenoxy) is 1. The van der Waals surface area contributed by atoms with Crippen LogP contribution in [0.15, 0.2) is 76.3 Å². The highest BCUT2D eigenvalue weighted by Crippen LogP contribution is 2.22. The third-order valence-corrected chi connectivity index (χ3v) is 4.62. The molecule has 1 aromatic carbocycles. The first-order valence-corrected chi connectivity index (χ1v) is 9.44. The zero-order valence-electron chi connectivity index (χ0n) is 16.3. The number of aromatic amines is 1. The molecule has 0 aliphatic heterocycles. The lowest BCUT2D eigenvalue weighted by atomic mass is 10.1. The molecule has 0 radical (unpaired) electrons. The van der Waals surface area contributed by atoms with E-state index in [4.69, 9.17) is 9.15 Å². The molecule has 0 fully saturated rings. The lowest BCUT2D eigenvalue weighted by molar-refractivity contribution is 0.0472. The Balaban J connectivity index is 1.40. The van der Waals surface area contributed by atoms with Gasteiger partial charge in [0.1, 0.15) is 5.69 Å². The van der Waals surface area contributed by atoms with Crippen LogP contribution in [0.2, 0.25) is 0 Å². The molecule has 150 valence electrons. The van der Waals surface area contributed by atoms with Gasteiger partial charge >= 0.3 is 5.97 Å². The number of furan rings is 1. The molecule has 0 saturated carbocycles. The Labute approximate surface area is 172 Å². The summed E-state index contributed by atoms with van der Waals surface area (Å²) in [5.74, 6) is -0.0599. The van der Waals surface area contributed by atoms with Crippen LogP contribution in [0.25, 0.3) is 22.6 Å². The van der Waals surface area contributed by atoms with Crippen molar-refractivity contribution in [3.8, 4) is 22.6 Å². The van der Waals surface area contributed by atoms with Crippen molar-refractivity contribution in [3.63, 3.8) is 0 Å². The number of benzene rings is 1. The summed E-state index contributed by atoms with van der Waals surface area (Å²) in [6.07, 6.45) is 3.39. The average molecular weight is 401 g/mol. The Morgan fingerprint density at radius 2 is 1.90 bits per heavy atom. The van der Waals surface area contributed by atoms with Gasteiger partial charge in [-0.25, -0.2) is 9.78 Å². The number of carbonyl (C=O) groups excluding carboxylic acids is 1. The molecule has 0 aliphatic carbocycles. The van der Waals surface area contributed by atoms with Crippen LogP contribution >= 0.6 is 0 Å². The summed E-state index contributed by atoms with van der Waals surface area (Å²) in [6, 6.07) is 16.6. The summed E-state index contributed by atoms with van der Waals surface area (Å²) in [7, 11) is 0. The lowest BCUT2D eigenvalue weighted by Gasteiger charge is -2.07. The van der Waals surface area contributed by atoms with Gasteiger partial charge in [-0.05, 0) is 30.7 Å². The van der Waals surface area contributed by atoms with Gasteiger partial charge in [-0.15, -0.1) is 0 Å². The van der Waals surface area contributed by atoms with Crippen molar-refractivity contribution < 1.29 is 13.9 Å². The van der Waals surface area contributed by atoms with Crippen molar-refractivity contribution in [1.29, 1.82) is 0 Å². The summed E-state index contributed by atoms with van der Waals surface area (Å²) >= 11 is 0. The maximum absolute atomic E-state index is 12.5. The third-order valence-electron chi connectivity index (χ3n) is 4.62. The SMILES string of the molecule is Cc1nc(-c2ccccn2)[nH]c(=O)c1CCOC(=O)c1cc(-c2ccccc2)co1. The van der Waals surface area contributed by atoms with Crippen molar-refractivity contribution in [2.24, 2.45) is 0 Å². The van der Waals surface area contributed by atoms with E-state index in [9.17, 15) is 9.59 Å². The maximum atomic E-state index is 12.5. The zero-order chi connectivity index (χ0) is 20.9. The number of hydrogen-bond donors (Lipinski definition) is 1. The molecule has 0 atom stereocenters. The molecule has 0 bridgehead atoms. The summed E-state index contributed by atoms with van der Waals surface area (Å²) in [4.78, 5) is 36.1. The molecule has 0 aliphatic rings. The van der Waals surface area contributed by atoms with Gasteiger partial charge in [0.25, 0.3) is 5.56 Å². The molecule has 0 spiro atoms. The van der Waals surface area contributed by atoms with E-state index in [1.807, 2.05) is 36.4 Å². The molecule has 1 N–H and O–H groups in total. The van der Waals surface area contributed by atoms with Crippen molar-refractivity contribution in [2.75, 3.05) is 6.61 Å². The van der Waals surface area contributed by atoms with Crippen molar-refractivity contribution in [1.82, 2.24) is 15.0 Å². The fourth-order valence-corrected chi connectivity index (χ4v) is 3.07. The number of hydrogen-bond acceptors (Lipinski definition) is 6. The van der Waals surface area contributed by atoms with Gasteiger partial charge < -0.3 is 14.1 Å². The first-order chi connectivity index (χ1) is 14.6. The molecular formula is C23H19N3O4. The van der Waals surface area contributed by atoms with Crippen molar-refractivity contribution in [3.05, 3.63) is 94.4 Å². The van der Waals surface area contributed by atoms with Gasteiger partial charge in [-0.2, -0.15) is 0 Å². The van der Waals surface area contributed by atoms with Crippen molar-refractivity contribution >= 4 is 5.97 Å². The Kier molecular flexibility index (Phi) is 5.52. The van der Waals surface area contributed by atoms with Gasteiger partial charge in [-0.3, -0.25) is 9.78 Å². The van der Waals surface area contributed by atoms with E-state index in [-0.39, 0.29) is 24.3 Å². The zero-order valence-corrected chi connectivity index (χ0v) is 16.3. The highest BCUT2D eigenvalue weighted by Gasteiger charge is 2.15. The number of nitrogens with one attached hydrogen (secondary N) is 1. The smallest absolute Gasteiger partial charge is 0.374 e. The van der Waals surface area contributed by atoms with E-state index >= 15 is 0 Å². The van der Waals surface area contributed by atoms with Gasteiger partial charge in [0.15, 0.2) is 5.82 Å². The molecule has 0 saturated heterocycles. The topological polar surface area (TPSA) is 98.1 Å². The number of esters is 1. The Hall–Kier alpha value is -4.00. The van der Waals surface area contributed by atoms with Crippen molar-refractivity contribution in [2.45, 2.75) is 13.3 Å². The van der Waals surface area contributed by atoms with E-state index in [0.717, 1.165) is 11.1 Å². The molecule has 3 heterocycles. The summed E-state index contributed by atoms with van der Waals surface area (Å²) in [5.41, 5.74) is 3.09. The third kappa shape index (κ3) is 4.20. The number of aryl methyl sites for hydroxylation is 1. The predicted molar refractivity (Wildman–Crippen MR) is 111 cm³/mol. The molecular weight excluding hydrogens is 382 g/mol.